The lowest BCUT2D eigenvalue weighted by Crippen LogP contribution is -2.30. The summed E-state index contributed by atoms with van der Waals surface area (Å²) in [5.41, 5.74) is 38.9. The number of aromatic amines is 2. The first-order valence-electron chi connectivity index (χ1n) is 18.5. The average Bonchev–Trinajstić information content (AvgIpc) is 3.70. The lowest BCUT2D eigenvalue weighted by Gasteiger charge is -2.34. The number of H-pyrrole nitrogens is 2. The molecular formula is C45H52N8. The van der Waals surface area contributed by atoms with Crippen molar-refractivity contribution in [1.29, 1.82) is 0 Å². The van der Waals surface area contributed by atoms with Gasteiger partial charge in [-0.2, -0.15) is 0 Å². The fourth-order valence-corrected chi connectivity index (χ4v) is 8.24. The molecule has 0 spiro atoms. The Labute approximate surface area is 313 Å². The number of benzene rings is 4. The van der Waals surface area contributed by atoms with Gasteiger partial charge in [-0.05, 0) is 60.1 Å². The first-order chi connectivity index (χ1) is 25.7. The number of nitrogens with one attached hydrogen (secondary N) is 2. The summed E-state index contributed by atoms with van der Waals surface area (Å²) in [6.45, 7) is 9.89. The van der Waals surface area contributed by atoms with Crippen LogP contribution in [0.5, 0.6) is 0 Å². The van der Waals surface area contributed by atoms with Gasteiger partial charge in [0.05, 0.1) is 29.9 Å². The SMILES string of the molecule is CCCC(CCC)(c1[nH]c(-c2ccccc2CN=C(N)N)c(-c2ccccc2)c1C)c1[nH]c(-c2ccccc2CN=C(N)N)c(-c2ccccc2)c1C. The van der Waals surface area contributed by atoms with E-state index in [0.29, 0.717) is 13.1 Å². The Kier molecular flexibility index (Phi) is 11.2. The summed E-state index contributed by atoms with van der Waals surface area (Å²) < 4.78 is 0. The molecule has 0 aliphatic rings. The van der Waals surface area contributed by atoms with Gasteiger partial charge in [-0.3, -0.25) is 0 Å². The second-order valence-electron chi connectivity index (χ2n) is 13.9. The van der Waals surface area contributed by atoms with Crippen LogP contribution < -0.4 is 22.9 Å². The van der Waals surface area contributed by atoms with Crippen molar-refractivity contribution < 1.29 is 0 Å². The van der Waals surface area contributed by atoms with Gasteiger partial charge < -0.3 is 32.9 Å². The van der Waals surface area contributed by atoms with Crippen LogP contribution in [-0.4, -0.2) is 21.9 Å². The molecule has 0 aliphatic heterocycles. The second kappa shape index (κ2) is 16.1. The molecule has 272 valence electrons. The van der Waals surface area contributed by atoms with E-state index in [1.54, 1.807) is 0 Å². The molecule has 8 heteroatoms. The summed E-state index contributed by atoms with van der Waals surface area (Å²) in [5, 5.41) is 0. The van der Waals surface area contributed by atoms with Crippen LogP contribution in [0.25, 0.3) is 44.8 Å². The molecule has 0 aliphatic carbocycles. The van der Waals surface area contributed by atoms with Gasteiger partial charge in [-0.1, -0.05) is 136 Å². The van der Waals surface area contributed by atoms with E-state index in [1.807, 2.05) is 12.1 Å². The van der Waals surface area contributed by atoms with Crippen LogP contribution >= 0.6 is 0 Å². The minimum atomic E-state index is -0.370. The highest BCUT2D eigenvalue weighted by molar-refractivity contribution is 5.89. The minimum Gasteiger partial charge on any atom is -0.370 e. The summed E-state index contributed by atoms with van der Waals surface area (Å²) in [6.07, 6.45) is 3.86. The number of nitrogens with zero attached hydrogens (tertiary/aromatic N) is 2. The molecule has 0 atom stereocenters. The van der Waals surface area contributed by atoms with Crippen molar-refractivity contribution in [3.63, 3.8) is 0 Å². The highest BCUT2D eigenvalue weighted by Gasteiger charge is 2.41. The Hall–Kier alpha value is -6.02. The van der Waals surface area contributed by atoms with E-state index in [9.17, 15) is 0 Å². The monoisotopic (exact) mass is 704 g/mol. The highest BCUT2D eigenvalue weighted by atomic mass is 15.0. The zero-order chi connectivity index (χ0) is 37.5. The average molecular weight is 705 g/mol. The van der Waals surface area contributed by atoms with Crippen LogP contribution in [0, 0.1) is 13.8 Å². The summed E-state index contributed by atoms with van der Waals surface area (Å²) >= 11 is 0. The zero-order valence-corrected chi connectivity index (χ0v) is 31.3. The topological polar surface area (TPSA) is 160 Å². The van der Waals surface area contributed by atoms with Crippen molar-refractivity contribution in [2.75, 3.05) is 0 Å². The van der Waals surface area contributed by atoms with Gasteiger partial charge in [0.15, 0.2) is 11.9 Å². The number of hydrogen-bond acceptors (Lipinski definition) is 2. The molecule has 6 aromatic rings. The van der Waals surface area contributed by atoms with E-state index >= 15 is 0 Å². The van der Waals surface area contributed by atoms with Crippen LogP contribution in [0.3, 0.4) is 0 Å². The maximum Gasteiger partial charge on any atom is 0.186 e. The van der Waals surface area contributed by atoms with Gasteiger partial charge in [-0.15, -0.1) is 0 Å². The third-order valence-corrected chi connectivity index (χ3v) is 10.4. The van der Waals surface area contributed by atoms with E-state index in [2.05, 4.69) is 145 Å². The van der Waals surface area contributed by atoms with E-state index in [1.165, 1.54) is 33.6 Å². The first-order valence-corrected chi connectivity index (χ1v) is 18.5. The van der Waals surface area contributed by atoms with Crippen molar-refractivity contribution in [3.8, 4) is 44.8 Å². The predicted octanol–water partition coefficient (Wildman–Crippen LogP) is 9.06. The molecule has 0 amide bonds. The van der Waals surface area contributed by atoms with Gasteiger partial charge in [0, 0.05) is 33.6 Å². The Morgan fingerprint density at radius 3 is 1.25 bits per heavy atom. The molecule has 53 heavy (non-hydrogen) atoms. The molecule has 0 bridgehead atoms. The Balaban J connectivity index is 1.68. The standard InChI is InChI=1S/C45H52N8/c1-5-25-45(26-6-2,41-29(3)37(31-17-9-7-10-18-31)39(52-41)35-23-15-13-21-33(35)27-50-43(46)47)42-30(4)38(32-19-11-8-12-20-32)40(53-42)36-24-16-14-22-34(36)28-51-44(48)49/h7-24,52-53H,5-6,25-28H2,1-4H3,(H4,46,47,50)(H4,48,49,51). The van der Waals surface area contributed by atoms with Crippen molar-refractivity contribution in [1.82, 2.24) is 9.97 Å². The lowest BCUT2D eigenvalue weighted by atomic mass is 9.71. The van der Waals surface area contributed by atoms with Crippen LogP contribution in [0.4, 0.5) is 0 Å². The van der Waals surface area contributed by atoms with Gasteiger partial charge in [0.25, 0.3) is 0 Å². The molecule has 2 aromatic heterocycles. The Morgan fingerprint density at radius 2 is 0.887 bits per heavy atom. The number of hydrogen-bond donors (Lipinski definition) is 6. The predicted molar refractivity (Wildman–Crippen MR) is 222 cm³/mol. The Morgan fingerprint density at radius 1 is 0.528 bits per heavy atom. The maximum atomic E-state index is 5.82. The largest absolute Gasteiger partial charge is 0.370 e. The number of rotatable bonds is 14. The zero-order valence-electron chi connectivity index (χ0n) is 31.3. The van der Waals surface area contributed by atoms with E-state index in [4.69, 9.17) is 22.9 Å². The molecule has 0 radical (unpaired) electrons. The second-order valence-corrected chi connectivity index (χ2v) is 13.9. The van der Waals surface area contributed by atoms with E-state index < -0.39 is 0 Å². The van der Waals surface area contributed by atoms with Crippen LogP contribution in [0.2, 0.25) is 0 Å². The van der Waals surface area contributed by atoms with Crippen LogP contribution in [-0.2, 0) is 18.5 Å². The molecular weight excluding hydrogens is 653 g/mol. The Bertz CT molecular complexity index is 2060. The molecule has 0 saturated carbocycles. The van der Waals surface area contributed by atoms with E-state index in [0.717, 1.165) is 70.5 Å². The van der Waals surface area contributed by atoms with Crippen molar-refractivity contribution in [3.05, 3.63) is 143 Å². The van der Waals surface area contributed by atoms with Gasteiger partial charge in [-0.25, -0.2) is 9.98 Å². The molecule has 4 aromatic carbocycles. The van der Waals surface area contributed by atoms with Crippen molar-refractivity contribution in [2.45, 2.75) is 71.9 Å². The number of nitrogens with two attached hydrogens (primary N) is 4. The smallest absolute Gasteiger partial charge is 0.186 e. The van der Waals surface area contributed by atoms with Crippen molar-refractivity contribution >= 4 is 11.9 Å². The molecule has 0 unspecified atom stereocenters. The number of aromatic nitrogens is 2. The quantitative estimate of drug-likeness (QED) is 0.0493. The molecule has 10 N–H and O–H groups in total. The third-order valence-electron chi connectivity index (χ3n) is 10.4. The number of guanidine groups is 2. The minimum absolute atomic E-state index is 0.0727. The normalized spacial score (nSPS) is 11.4. The first kappa shape index (κ1) is 36.8. The fourth-order valence-electron chi connectivity index (χ4n) is 8.24. The fraction of sp³-hybridized carbons (Fsp3) is 0.244. The summed E-state index contributed by atoms with van der Waals surface area (Å²) in [5.74, 6) is 0.145. The van der Waals surface area contributed by atoms with Gasteiger partial charge in [0.2, 0.25) is 0 Å². The maximum absolute atomic E-state index is 5.82. The van der Waals surface area contributed by atoms with Gasteiger partial charge >= 0.3 is 0 Å². The third kappa shape index (κ3) is 7.35. The van der Waals surface area contributed by atoms with Crippen molar-refractivity contribution in [2.24, 2.45) is 32.9 Å². The molecule has 0 fully saturated rings. The summed E-state index contributed by atoms with van der Waals surface area (Å²) in [7, 11) is 0. The molecule has 8 nitrogen and oxygen atoms in total. The molecule has 0 saturated heterocycles. The lowest BCUT2D eigenvalue weighted by molar-refractivity contribution is 0.404. The molecule has 2 heterocycles. The molecule has 6 rings (SSSR count). The summed E-state index contributed by atoms with van der Waals surface area (Å²) in [6, 6.07) is 38.1. The van der Waals surface area contributed by atoms with Gasteiger partial charge in [0.1, 0.15) is 0 Å². The van der Waals surface area contributed by atoms with Crippen LogP contribution in [0.1, 0.15) is 73.2 Å². The number of aliphatic imine (C=N–C) groups is 2. The van der Waals surface area contributed by atoms with Crippen LogP contribution in [0.15, 0.2) is 119 Å². The summed E-state index contributed by atoms with van der Waals surface area (Å²) in [4.78, 5) is 17.0. The van der Waals surface area contributed by atoms with E-state index in [-0.39, 0.29) is 17.3 Å². The highest BCUT2D eigenvalue weighted by Crippen LogP contribution is 2.51.